The van der Waals surface area contributed by atoms with Crippen molar-refractivity contribution in [2.24, 2.45) is 0 Å². The van der Waals surface area contributed by atoms with Crippen LogP contribution in [0, 0.1) is 6.92 Å². The number of esters is 1. The first-order valence-corrected chi connectivity index (χ1v) is 11.7. The quantitative estimate of drug-likeness (QED) is 0.258. The molecule has 1 aliphatic rings. The van der Waals surface area contributed by atoms with E-state index >= 15 is 0 Å². The maximum Gasteiger partial charge on any atom is 0.337 e. The molecule has 4 rings (SSSR count). The Bertz CT molecular complexity index is 1430. The van der Waals surface area contributed by atoms with Crippen molar-refractivity contribution in [3.63, 3.8) is 0 Å². The van der Waals surface area contributed by atoms with Gasteiger partial charge in [0.25, 0.3) is 11.8 Å². The Labute approximate surface area is 222 Å². The number of aryl methyl sites for hydroxylation is 1. The second-order valence-corrected chi connectivity index (χ2v) is 8.92. The second-order valence-electron chi connectivity index (χ2n) is 8.08. The van der Waals surface area contributed by atoms with E-state index in [1.165, 1.54) is 49.6 Å². The van der Waals surface area contributed by atoms with Gasteiger partial charge < -0.3 is 9.47 Å². The summed E-state index contributed by atoms with van der Waals surface area (Å²) in [5.74, 6) is -2.13. The molecular formula is C27H20Cl2N2O6. The SMILES string of the molecule is COC(=O)c1ccc(N2C(=O)NC(=O)/C(=C\c3cc(Cl)cc(Cl)c3OCc3ccc(C)cc3)C2=O)cc1. The standard InChI is InChI=1S/C27H20Cl2N2O6/c1-15-3-5-16(6-4-15)14-37-23-18(11-19(28)13-22(23)29)12-21-24(32)30-27(35)31(25(21)33)20-9-7-17(8-10-20)26(34)36-2/h3-13H,14H2,1-2H3,(H,30,32,35)/b21-12+. The fourth-order valence-electron chi connectivity index (χ4n) is 3.59. The summed E-state index contributed by atoms with van der Waals surface area (Å²) < 4.78 is 10.6. The van der Waals surface area contributed by atoms with E-state index in [9.17, 15) is 19.2 Å². The maximum absolute atomic E-state index is 13.3. The van der Waals surface area contributed by atoms with Crippen molar-refractivity contribution in [1.82, 2.24) is 5.32 Å². The van der Waals surface area contributed by atoms with Gasteiger partial charge in [-0.15, -0.1) is 0 Å². The third-order valence-corrected chi connectivity index (χ3v) is 5.99. The number of anilines is 1. The molecule has 1 N–H and O–H groups in total. The van der Waals surface area contributed by atoms with Gasteiger partial charge in [-0.25, -0.2) is 14.5 Å². The molecule has 3 aromatic rings. The topological polar surface area (TPSA) is 102 Å². The summed E-state index contributed by atoms with van der Waals surface area (Å²) in [6, 6.07) is 15.3. The van der Waals surface area contributed by atoms with E-state index in [2.05, 4.69) is 10.1 Å². The van der Waals surface area contributed by atoms with Crippen LogP contribution in [0.25, 0.3) is 6.08 Å². The lowest BCUT2D eigenvalue weighted by molar-refractivity contribution is -0.122. The first-order valence-electron chi connectivity index (χ1n) is 10.9. The van der Waals surface area contributed by atoms with Gasteiger partial charge in [-0.3, -0.25) is 14.9 Å². The van der Waals surface area contributed by atoms with Gasteiger partial charge in [0.15, 0.2) is 0 Å². The Morgan fingerprint density at radius 1 is 1.00 bits per heavy atom. The molecule has 0 bridgehead atoms. The minimum absolute atomic E-state index is 0.147. The van der Waals surface area contributed by atoms with E-state index in [-0.39, 0.29) is 44.8 Å². The van der Waals surface area contributed by atoms with Gasteiger partial charge in [0.2, 0.25) is 0 Å². The van der Waals surface area contributed by atoms with Crippen LogP contribution in [0.5, 0.6) is 5.75 Å². The minimum Gasteiger partial charge on any atom is -0.487 e. The van der Waals surface area contributed by atoms with Crippen LogP contribution < -0.4 is 15.0 Å². The van der Waals surface area contributed by atoms with Gasteiger partial charge in [0.1, 0.15) is 17.9 Å². The van der Waals surface area contributed by atoms with Crippen LogP contribution in [0.4, 0.5) is 10.5 Å². The van der Waals surface area contributed by atoms with Crippen molar-refractivity contribution in [2.75, 3.05) is 12.0 Å². The minimum atomic E-state index is -0.932. The molecule has 0 saturated carbocycles. The number of ether oxygens (including phenoxy) is 2. The van der Waals surface area contributed by atoms with Gasteiger partial charge in [-0.05, 0) is 55.0 Å². The fourth-order valence-corrected chi connectivity index (χ4v) is 4.16. The van der Waals surface area contributed by atoms with Gasteiger partial charge in [0, 0.05) is 10.6 Å². The number of carbonyl (C=O) groups excluding carboxylic acids is 4. The summed E-state index contributed by atoms with van der Waals surface area (Å²) >= 11 is 12.6. The first kappa shape index (κ1) is 25.9. The van der Waals surface area contributed by atoms with Crippen LogP contribution in [0.1, 0.15) is 27.0 Å². The van der Waals surface area contributed by atoms with Crippen LogP contribution in [-0.4, -0.2) is 30.9 Å². The Balaban J connectivity index is 1.68. The smallest absolute Gasteiger partial charge is 0.337 e. The van der Waals surface area contributed by atoms with Crippen LogP contribution >= 0.6 is 23.2 Å². The molecule has 0 atom stereocenters. The molecule has 0 spiro atoms. The number of benzene rings is 3. The van der Waals surface area contributed by atoms with Crippen molar-refractivity contribution >= 4 is 58.8 Å². The fraction of sp³-hybridized carbons (Fsp3) is 0.111. The molecule has 1 fully saturated rings. The van der Waals surface area contributed by atoms with Gasteiger partial charge in [-0.2, -0.15) is 0 Å². The lowest BCUT2D eigenvalue weighted by Crippen LogP contribution is -2.54. The van der Waals surface area contributed by atoms with Crippen molar-refractivity contribution in [3.8, 4) is 5.75 Å². The Hall–Kier alpha value is -4.14. The van der Waals surface area contributed by atoms with E-state index in [0.29, 0.717) is 0 Å². The summed E-state index contributed by atoms with van der Waals surface area (Å²) in [5.41, 5.74) is 2.29. The highest BCUT2D eigenvalue weighted by Gasteiger charge is 2.37. The van der Waals surface area contributed by atoms with Crippen LogP contribution in [0.15, 0.2) is 66.2 Å². The molecule has 0 aromatic heterocycles. The number of carbonyl (C=O) groups is 4. The normalized spacial score (nSPS) is 14.5. The average Bonchev–Trinajstić information content (AvgIpc) is 2.86. The molecule has 0 aliphatic carbocycles. The summed E-state index contributed by atoms with van der Waals surface area (Å²) in [4.78, 5) is 51.0. The first-order chi connectivity index (χ1) is 17.7. The molecule has 10 heteroatoms. The third-order valence-electron chi connectivity index (χ3n) is 5.49. The molecule has 0 radical (unpaired) electrons. The summed E-state index contributed by atoms with van der Waals surface area (Å²) in [5, 5.41) is 2.59. The average molecular weight is 539 g/mol. The lowest BCUT2D eigenvalue weighted by atomic mass is 10.1. The van der Waals surface area contributed by atoms with E-state index < -0.39 is 23.8 Å². The van der Waals surface area contributed by atoms with E-state index in [4.69, 9.17) is 27.9 Å². The molecule has 4 amide bonds. The van der Waals surface area contributed by atoms with Gasteiger partial charge >= 0.3 is 12.0 Å². The second kappa shape index (κ2) is 10.9. The number of urea groups is 1. The number of hydrogen-bond acceptors (Lipinski definition) is 6. The molecule has 1 heterocycles. The number of nitrogens with zero attached hydrogens (tertiary/aromatic N) is 1. The zero-order valence-electron chi connectivity index (χ0n) is 19.7. The molecule has 3 aromatic carbocycles. The largest absolute Gasteiger partial charge is 0.487 e. The zero-order valence-corrected chi connectivity index (χ0v) is 21.2. The number of hydrogen-bond donors (Lipinski definition) is 1. The van der Waals surface area contributed by atoms with Crippen molar-refractivity contribution < 1.29 is 28.7 Å². The summed E-state index contributed by atoms with van der Waals surface area (Å²) in [6.45, 7) is 2.15. The monoisotopic (exact) mass is 538 g/mol. The highest BCUT2D eigenvalue weighted by atomic mass is 35.5. The lowest BCUT2D eigenvalue weighted by Gasteiger charge is -2.26. The van der Waals surface area contributed by atoms with E-state index in [1.807, 2.05) is 31.2 Å². The number of imide groups is 2. The number of amides is 4. The molecule has 8 nitrogen and oxygen atoms in total. The van der Waals surface area contributed by atoms with Gasteiger partial charge in [-0.1, -0.05) is 53.0 Å². The highest BCUT2D eigenvalue weighted by Crippen LogP contribution is 2.35. The highest BCUT2D eigenvalue weighted by molar-refractivity contribution is 6.40. The van der Waals surface area contributed by atoms with Crippen LogP contribution in [0.2, 0.25) is 10.0 Å². The Morgan fingerprint density at radius 2 is 1.68 bits per heavy atom. The van der Waals surface area contributed by atoms with Crippen LogP contribution in [-0.2, 0) is 20.9 Å². The van der Waals surface area contributed by atoms with Crippen molar-refractivity contribution in [2.45, 2.75) is 13.5 Å². The number of rotatable bonds is 6. The van der Waals surface area contributed by atoms with Crippen molar-refractivity contribution in [3.05, 3.63) is 98.5 Å². The molecule has 0 unspecified atom stereocenters. The Kier molecular flexibility index (Phi) is 7.61. The molecule has 1 saturated heterocycles. The van der Waals surface area contributed by atoms with Crippen molar-refractivity contribution in [1.29, 1.82) is 0 Å². The third kappa shape index (κ3) is 5.66. The zero-order chi connectivity index (χ0) is 26.7. The van der Waals surface area contributed by atoms with Gasteiger partial charge in [0.05, 0.1) is 23.4 Å². The molecule has 37 heavy (non-hydrogen) atoms. The summed E-state index contributed by atoms with van der Waals surface area (Å²) in [7, 11) is 1.24. The predicted molar refractivity (Wildman–Crippen MR) is 139 cm³/mol. The Morgan fingerprint density at radius 3 is 2.32 bits per heavy atom. The molecule has 1 aliphatic heterocycles. The number of barbiturate groups is 1. The van der Waals surface area contributed by atoms with Crippen LogP contribution in [0.3, 0.4) is 0 Å². The molecule has 188 valence electrons. The predicted octanol–water partition coefficient (Wildman–Crippen LogP) is 5.33. The number of halogens is 2. The number of nitrogens with one attached hydrogen (secondary N) is 1. The summed E-state index contributed by atoms with van der Waals surface area (Å²) in [6.07, 6.45) is 1.27. The van der Waals surface area contributed by atoms with E-state index in [1.54, 1.807) is 0 Å². The van der Waals surface area contributed by atoms with E-state index in [0.717, 1.165) is 16.0 Å². The molecular weight excluding hydrogens is 519 g/mol. The number of methoxy groups -OCH3 is 1. The maximum atomic E-state index is 13.3.